The van der Waals surface area contributed by atoms with Crippen LogP contribution in [0.1, 0.15) is 26.2 Å². The van der Waals surface area contributed by atoms with Gasteiger partial charge in [0.1, 0.15) is 5.75 Å². The minimum absolute atomic E-state index is 0.151. The second-order valence-corrected chi connectivity index (χ2v) is 5.69. The van der Waals surface area contributed by atoms with E-state index in [9.17, 15) is 19.7 Å². The summed E-state index contributed by atoms with van der Waals surface area (Å²) >= 11 is 0. The van der Waals surface area contributed by atoms with Crippen LogP contribution >= 0.6 is 0 Å². The van der Waals surface area contributed by atoms with Gasteiger partial charge in [-0.05, 0) is 32.3 Å². The number of non-ortho nitro benzene ring substituents is 1. The van der Waals surface area contributed by atoms with E-state index in [0.717, 1.165) is 6.42 Å². The molecule has 2 atom stereocenters. The number of methoxy groups -OCH3 is 1. The van der Waals surface area contributed by atoms with Crippen molar-refractivity contribution in [1.29, 1.82) is 0 Å². The van der Waals surface area contributed by atoms with Crippen molar-refractivity contribution in [2.24, 2.45) is 5.92 Å². The van der Waals surface area contributed by atoms with Gasteiger partial charge in [0, 0.05) is 6.07 Å². The van der Waals surface area contributed by atoms with Gasteiger partial charge in [-0.2, -0.15) is 0 Å². The summed E-state index contributed by atoms with van der Waals surface area (Å²) in [5.74, 6) is -1.01. The van der Waals surface area contributed by atoms with E-state index in [1.807, 2.05) is 12.2 Å². The van der Waals surface area contributed by atoms with Crippen molar-refractivity contribution in [2.75, 3.05) is 12.4 Å². The van der Waals surface area contributed by atoms with E-state index in [0.29, 0.717) is 12.8 Å². The molecule has 0 aliphatic heterocycles. The van der Waals surface area contributed by atoms with E-state index in [-0.39, 0.29) is 23.0 Å². The van der Waals surface area contributed by atoms with Gasteiger partial charge in [-0.1, -0.05) is 12.2 Å². The molecule has 0 fully saturated rings. The summed E-state index contributed by atoms with van der Waals surface area (Å²) in [5.41, 5.74) is 0.112. The number of hydrogen-bond acceptors (Lipinski definition) is 6. The third kappa shape index (κ3) is 4.79. The van der Waals surface area contributed by atoms with Gasteiger partial charge in [-0.25, -0.2) is 0 Å². The van der Waals surface area contributed by atoms with Crippen molar-refractivity contribution in [3.05, 3.63) is 40.5 Å². The molecule has 1 aromatic carbocycles. The van der Waals surface area contributed by atoms with Gasteiger partial charge in [0.15, 0.2) is 6.10 Å². The zero-order valence-electron chi connectivity index (χ0n) is 14.1. The highest BCUT2D eigenvalue weighted by atomic mass is 16.6. The average Bonchev–Trinajstić information content (AvgIpc) is 2.62. The Morgan fingerprint density at radius 1 is 1.36 bits per heavy atom. The third-order valence-electron chi connectivity index (χ3n) is 3.92. The summed E-state index contributed by atoms with van der Waals surface area (Å²) in [6.07, 6.45) is 5.10. The lowest BCUT2D eigenvalue weighted by Gasteiger charge is -2.20. The molecule has 0 bridgehead atoms. The Balaban J connectivity index is 1.99. The maximum Gasteiger partial charge on any atom is 0.310 e. The number of nitro groups is 1. The summed E-state index contributed by atoms with van der Waals surface area (Å²) in [6, 6.07) is 3.83. The molecule has 0 spiro atoms. The predicted molar refractivity (Wildman–Crippen MR) is 90.3 cm³/mol. The van der Waals surface area contributed by atoms with Crippen molar-refractivity contribution in [2.45, 2.75) is 32.3 Å². The van der Waals surface area contributed by atoms with E-state index in [1.165, 1.54) is 32.2 Å². The number of rotatable bonds is 6. The number of hydrogen-bond donors (Lipinski definition) is 1. The molecule has 134 valence electrons. The van der Waals surface area contributed by atoms with Crippen LogP contribution in [0.2, 0.25) is 0 Å². The SMILES string of the molecule is COc1cc([N+](=O)[O-])ccc1NC(=O)[C@@H](C)OC(=O)[C@@H]1CC=CCC1. The van der Waals surface area contributed by atoms with Crippen LogP contribution in [-0.2, 0) is 14.3 Å². The number of nitrogens with zero attached hydrogens (tertiary/aromatic N) is 1. The van der Waals surface area contributed by atoms with Gasteiger partial charge < -0.3 is 14.8 Å². The molecule has 1 amide bonds. The van der Waals surface area contributed by atoms with Gasteiger partial charge >= 0.3 is 5.97 Å². The zero-order valence-corrected chi connectivity index (χ0v) is 14.1. The third-order valence-corrected chi connectivity index (χ3v) is 3.92. The summed E-state index contributed by atoms with van der Waals surface area (Å²) in [4.78, 5) is 34.5. The van der Waals surface area contributed by atoms with Crippen LogP contribution in [0.15, 0.2) is 30.4 Å². The topological polar surface area (TPSA) is 108 Å². The van der Waals surface area contributed by atoms with E-state index in [1.54, 1.807) is 0 Å². The molecule has 1 aromatic rings. The Labute approximate surface area is 145 Å². The molecule has 1 aliphatic carbocycles. The molecule has 0 unspecified atom stereocenters. The van der Waals surface area contributed by atoms with Crippen LogP contribution in [0.4, 0.5) is 11.4 Å². The van der Waals surface area contributed by atoms with Gasteiger partial charge in [-0.3, -0.25) is 19.7 Å². The molecule has 8 nitrogen and oxygen atoms in total. The quantitative estimate of drug-likeness (QED) is 0.366. The number of esters is 1. The van der Waals surface area contributed by atoms with Crippen LogP contribution in [0.5, 0.6) is 5.75 Å². The smallest absolute Gasteiger partial charge is 0.310 e. The minimum Gasteiger partial charge on any atom is -0.494 e. The fourth-order valence-corrected chi connectivity index (χ4v) is 2.46. The number of carbonyl (C=O) groups excluding carboxylic acids is 2. The monoisotopic (exact) mass is 348 g/mol. The number of amides is 1. The number of anilines is 1. The van der Waals surface area contributed by atoms with Gasteiger partial charge in [0.2, 0.25) is 0 Å². The molecule has 0 heterocycles. The number of benzene rings is 1. The Bertz CT molecular complexity index is 700. The Morgan fingerprint density at radius 2 is 2.12 bits per heavy atom. The lowest BCUT2D eigenvalue weighted by atomic mass is 9.95. The Hall–Kier alpha value is -2.90. The van der Waals surface area contributed by atoms with Gasteiger partial charge in [0.05, 0.1) is 29.7 Å². The normalized spacial score (nSPS) is 17.4. The number of nitro benzene ring substituents is 1. The van der Waals surface area contributed by atoms with Crippen molar-refractivity contribution >= 4 is 23.3 Å². The summed E-state index contributed by atoms with van der Waals surface area (Å²) in [7, 11) is 1.34. The van der Waals surface area contributed by atoms with Crippen LogP contribution in [0, 0.1) is 16.0 Å². The second kappa shape index (κ2) is 8.27. The highest BCUT2D eigenvalue weighted by molar-refractivity contribution is 5.96. The first-order valence-corrected chi connectivity index (χ1v) is 7.91. The predicted octanol–water partition coefficient (Wildman–Crippen LogP) is 2.83. The fraction of sp³-hybridized carbons (Fsp3) is 0.412. The van der Waals surface area contributed by atoms with E-state index in [2.05, 4.69) is 5.32 Å². The fourth-order valence-electron chi connectivity index (χ4n) is 2.46. The minimum atomic E-state index is -0.988. The van der Waals surface area contributed by atoms with Crippen molar-refractivity contribution in [1.82, 2.24) is 0 Å². The highest BCUT2D eigenvalue weighted by Gasteiger charge is 2.25. The lowest BCUT2D eigenvalue weighted by Crippen LogP contribution is -2.32. The molecule has 2 rings (SSSR count). The van der Waals surface area contributed by atoms with Crippen LogP contribution in [-0.4, -0.2) is 30.0 Å². The number of carbonyl (C=O) groups is 2. The van der Waals surface area contributed by atoms with Crippen LogP contribution < -0.4 is 10.1 Å². The first kappa shape index (κ1) is 18.4. The summed E-state index contributed by atoms with van der Waals surface area (Å²) in [6.45, 7) is 1.48. The van der Waals surface area contributed by atoms with E-state index in [4.69, 9.17) is 9.47 Å². The lowest BCUT2D eigenvalue weighted by molar-refractivity contribution is -0.384. The van der Waals surface area contributed by atoms with Crippen molar-refractivity contribution < 1.29 is 24.0 Å². The van der Waals surface area contributed by atoms with Crippen LogP contribution in [0.3, 0.4) is 0 Å². The standard InChI is InChI=1S/C17H20N2O6/c1-11(25-17(21)12-6-4-3-5-7-12)16(20)18-14-9-8-13(19(22)23)10-15(14)24-2/h3-4,8-12H,5-7H2,1-2H3,(H,18,20)/t11-,12-/m1/s1. The molecule has 25 heavy (non-hydrogen) atoms. The summed E-state index contributed by atoms with van der Waals surface area (Å²) in [5, 5.41) is 13.3. The number of allylic oxidation sites excluding steroid dienone is 2. The molecule has 0 radical (unpaired) electrons. The molecule has 0 aromatic heterocycles. The molecular formula is C17H20N2O6. The van der Waals surface area contributed by atoms with Crippen molar-refractivity contribution in [3.8, 4) is 5.75 Å². The average molecular weight is 348 g/mol. The molecule has 1 N–H and O–H groups in total. The summed E-state index contributed by atoms with van der Waals surface area (Å²) < 4.78 is 10.3. The Kier molecular flexibility index (Phi) is 6.10. The maximum atomic E-state index is 12.2. The first-order valence-electron chi connectivity index (χ1n) is 7.91. The maximum absolute atomic E-state index is 12.2. The molecular weight excluding hydrogens is 328 g/mol. The molecule has 0 saturated carbocycles. The van der Waals surface area contributed by atoms with Gasteiger partial charge in [0.25, 0.3) is 11.6 Å². The Morgan fingerprint density at radius 3 is 2.72 bits per heavy atom. The molecule has 1 aliphatic rings. The zero-order chi connectivity index (χ0) is 18.4. The van der Waals surface area contributed by atoms with E-state index < -0.39 is 22.9 Å². The largest absolute Gasteiger partial charge is 0.494 e. The van der Waals surface area contributed by atoms with Crippen LogP contribution in [0.25, 0.3) is 0 Å². The molecule has 8 heteroatoms. The highest BCUT2D eigenvalue weighted by Crippen LogP contribution is 2.29. The van der Waals surface area contributed by atoms with Gasteiger partial charge in [-0.15, -0.1) is 0 Å². The first-order chi connectivity index (χ1) is 11.9. The van der Waals surface area contributed by atoms with E-state index >= 15 is 0 Å². The number of nitrogens with one attached hydrogen (secondary N) is 1. The molecule has 0 saturated heterocycles. The number of ether oxygens (including phenoxy) is 2. The second-order valence-electron chi connectivity index (χ2n) is 5.69. The van der Waals surface area contributed by atoms with Crippen molar-refractivity contribution in [3.63, 3.8) is 0 Å².